The molecule has 4 heterocycles. The molecule has 2 unspecified atom stereocenters. The Kier molecular flexibility index (Phi) is 3.72. The molecule has 0 spiro atoms. The number of H-pyrrole nitrogens is 1. The van der Waals surface area contributed by atoms with Crippen LogP contribution in [0.5, 0.6) is 5.75 Å². The van der Waals surface area contributed by atoms with Gasteiger partial charge in [0, 0.05) is 44.4 Å². The number of methoxy groups -OCH3 is 1. The summed E-state index contributed by atoms with van der Waals surface area (Å²) in [6.45, 7) is 3.97. The van der Waals surface area contributed by atoms with Crippen LogP contribution < -0.4 is 0 Å². The Morgan fingerprint density at radius 3 is 3.11 bits per heavy atom. The Balaban J connectivity index is 0.00000120. The lowest BCUT2D eigenvalue weighted by Crippen LogP contribution is -2.51. The first-order valence-electron chi connectivity index (χ1n) is 9.58. The van der Waals surface area contributed by atoms with Gasteiger partial charge in [-0.1, -0.05) is 0 Å². The number of fused-ring (bicyclic) bond motifs is 6. The summed E-state index contributed by atoms with van der Waals surface area (Å²) in [7, 11) is 1.42. The molecular weight excluding hydrogens is 344 g/mol. The van der Waals surface area contributed by atoms with Gasteiger partial charge in [-0.15, -0.1) is 0 Å². The summed E-state index contributed by atoms with van der Waals surface area (Å²) in [5.74, 6) is 0.427. The minimum atomic E-state index is -0.289. The highest BCUT2D eigenvalue weighted by atomic mass is 16.5. The van der Waals surface area contributed by atoms with Crippen molar-refractivity contribution >= 4 is 16.9 Å². The topological polar surface area (TPSA) is 74.8 Å². The average Bonchev–Trinajstić information content (AvgIpc) is 3.05. The van der Waals surface area contributed by atoms with Crippen molar-refractivity contribution in [3.8, 4) is 5.75 Å². The molecule has 0 radical (unpaired) electrons. The highest BCUT2D eigenvalue weighted by molar-refractivity contribution is 5.89. The number of carbonyl (C=O) groups is 1. The number of phenolic OH excluding ortho intramolecular Hbond substituents is 1. The minimum Gasteiger partial charge on any atom is -0.508 e. The Hall–Kier alpha value is -2.47. The van der Waals surface area contributed by atoms with Crippen LogP contribution in [-0.4, -0.2) is 47.3 Å². The molecule has 1 fully saturated rings. The third kappa shape index (κ3) is 2.46. The van der Waals surface area contributed by atoms with Gasteiger partial charge in [0.1, 0.15) is 5.75 Å². The first-order valence-corrected chi connectivity index (χ1v) is 9.58. The summed E-state index contributed by atoms with van der Waals surface area (Å²) in [5, 5.41) is 11.0. The smallest absolute Gasteiger partial charge is 0.337 e. The van der Waals surface area contributed by atoms with E-state index < -0.39 is 0 Å². The van der Waals surface area contributed by atoms with Crippen LogP contribution in [0.1, 0.15) is 33.5 Å². The van der Waals surface area contributed by atoms with Crippen molar-refractivity contribution in [3.63, 3.8) is 0 Å². The number of rotatable bonds is 1. The molecule has 146 valence electrons. The summed E-state index contributed by atoms with van der Waals surface area (Å²) in [5.41, 5.74) is 4.24. The van der Waals surface area contributed by atoms with Crippen LogP contribution in [0, 0.1) is 11.8 Å². The fourth-order valence-electron chi connectivity index (χ4n) is 5.22. The molecular formula is C21H28N2O4. The number of benzene rings is 1. The average molecular weight is 372 g/mol. The van der Waals surface area contributed by atoms with E-state index in [-0.39, 0.29) is 32.8 Å². The zero-order valence-corrected chi connectivity index (χ0v) is 15.6. The molecule has 0 saturated carbocycles. The van der Waals surface area contributed by atoms with E-state index in [0.717, 1.165) is 36.8 Å². The van der Waals surface area contributed by atoms with E-state index in [0.29, 0.717) is 11.3 Å². The number of aromatic amines is 1. The highest BCUT2D eigenvalue weighted by Crippen LogP contribution is 2.47. The lowest BCUT2D eigenvalue weighted by atomic mass is 9.72. The molecule has 3 aliphatic rings. The van der Waals surface area contributed by atoms with E-state index in [4.69, 9.17) is 9.47 Å². The zero-order valence-electron chi connectivity index (χ0n) is 15.6. The van der Waals surface area contributed by atoms with Crippen molar-refractivity contribution < 1.29 is 22.2 Å². The van der Waals surface area contributed by atoms with Gasteiger partial charge in [0.15, 0.2) is 0 Å². The normalized spacial score (nSPS) is 29.9. The number of ether oxygens (including phenoxy) is 2. The largest absolute Gasteiger partial charge is 0.508 e. The summed E-state index contributed by atoms with van der Waals surface area (Å²) < 4.78 is 10.8. The highest BCUT2D eigenvalue weighted by Gasteiger charge is 2.46. The Morgan fingerprint density at radius 2 is 2.30 bits per heavy atom. The van der Waals surface area contributed by atoms with Crippen molar-refractivity contribution in [1.82, 2.24) is 9.88 Å². The van der Waals surface area contributed by atoms with Gasteiger partial charge in [-0.3, -0.25) is 4.90 Å². The number of esters is 1. The Labute approximate surface area is 160 Å². The van der Waals surface area contributed by atoms with Crippen LogP contribution in [-0.2, 0) is 20.7 Å². The predicted molar refractivity (Wildman–Crippen MR) is 104 cm³/mol. The molecule has 1 aromatic heterocycles. The van der Waals surface area contributed by atoms with Crippen LogP contribution >= 0.6 is 0 Å². The van der Waals surface area contributed by atoms with Gasteiger partial charge in [-0.25, -0.2) is 4.79 Å². The summed E-state index contributed by atoms with van der Waals surface area (Å²) in [6.07, 6.45) is 3.53. The first-order chi connectivity index (χ1) is 13.1. The summed E-state index contributed by atoms with van der Waals surface area (Å²) in [6, 6.07) is 5.75. The van der Waals surface area contributed by atoms with Gasteiger partial charge in [0.2, 0.25) is 0 Å². The molecule has 6 nitrogen and oxygen atoms in total. The van der Waals surface area contributed by atoms with Gasteiger partial charge < -0.3 is 19.6 Å². The van der Waals surface area contributed by atoms with Gasteiger partial charge in [-0.2, -0.15) is 0 Å². The number of phenols is 1. The molecule has 0 aliphatic carbocycles. The van der Waals surface area contributed by atoms with Crippen molar-refractivity contribution in [2.45, 2.75) is 31.9 Å². The van der Waals surface area contributed by atoms with Crippen molar-refractivity contribution in [2.75, 3.05) is 20.2 Å². The van der Waals surface area contributed by atoms with Gasteiger partial charge in [0.05, 0.1) is 31.1 Å². The molecule has 0 amide bonds. The fourth-order valence-corrected chi connectivity index (χ4v) is 5.22. The van der Waals surface area contributed by atoms with E-state index in [9.17, 15) is 9.90 Å². The quantitative estimate of drug-likeness (QED) is 0.751. The van der Waals surface area contributed by atoms with Crippen LogP contribution in [0.25, 0.3) is 10.9 Å². The minimum absolute atomic E-state index is 0. The number of aromatic nitrogens is 1. The SMILES string of the molecule is COC(=O)C1=CO[C@@H](C)C2CN3CCc4c([nH]c5ccc(O)cc45)[C@H]3CC12.[HH].[HH]. The van der Waals surface area contributed by atoms with Crippen molar-refractivity contribution in [1.29, 1.82) is 0 Å². The number of nitrogens with zero attached hydrogens (tertiary/aromatic N) is 1. The van der Waals surface area contributed by atoms with E-state index >= 15 is 0 Å². The maximum atomic E-state index is 12.3. The third-order valence-corrected chi connectivity index (χ3v) is 6.62. The van der Waals surface area contributed by atoms with Crippen LogP contribution in [0.15, 0.2) is 30.0 Å². The zero-order chi connectivity index (χ0) is 18.7. The number of carbonyl (C=O) groups excluding carboxylic acids is 1. The van der Waals surface area contributed by atoms with Crippen LogP contribution in [0.3, 0.4) is 0 Å². The number of piperidine rings is 1. The molecule has 3 aliphatic heterocycles. The fraction of sp³-hybridized carbons (Fsp3) is 0.476. The molecule has 2 aromatic rings. The van der Waals surface area contributed by atoms with Crippen LogP contribution in [0.2, 0.25) is 0 Å². The summed E-state index contributed by atoms with van der Waals surface area (Å²) >= 11 is 0. The van der Waals surface area contributed by atoms with Crippen molar-refractivity contribution in [3.05, 3.63) is 41.3 Å². The molecule has 1 aromatic carbocycles. The number of aromatic hydroxyl groups is 1. The molecule has 1 saturated heterocycles. The summed E-state index contributed by atoms with van der Waals surface area (Å²) in [4.78, 5) is 18.4. The van der Waals surface area contributed by atoms with E-state index in [2.05, 4.69) is 16.8 Å². The molecule has 2 N–H and O–H groups in total. The second kappa shape index (κ2) is 6.02. The number of hydrogen-bond donors (Lipinski definition) is 2. The predicted octanol–water partition coefficient (Wildman–Crippen LogP) is 3.38. The number of nitrogens with one attached hydrogen (secondary N) is 1. The lowest BCUT2D eigenvalue weighted by molar-refractivity contribution is -0.139. The Bertz CT molecular complexity index is 958. The third-order valence-electron chi connectivity index (χ3n) is 6.62. The van der Waals surface area contributed by atoms with Gasteiger partial charge in [0.25, 0.3) is 0 Å². The maximum Gasteiger partial charge on any atom is 0.337 e. The van der Waals surface area contributed by atoms with E-state index in [1.807, 2.05) is 12.1 Å². The molecule has 6 heteroatoms. The molecule has 27 heavy (non-hydrogen) atoms. The van der Waals surface area contributed by atoms with Gasteiger partial charge >= 0.3 is 5.97 Å². The second-order valence-corrected chi connectivity index (χ2v) is 7.92. The van der Waals surface area contributed by atoms with Crippen molar-refractivity contribution in [2.24, 2.45) is 11.8 Å². The standard InChI is InChI=1S/C21H24N2O4.2H2/c1-11-16-9-23-6-5-13-15-7-12(24)3-4-18(15)22-20(13)19(23)8-14(16)17(10-27-11)21(25)26-2;;/h3-4,7,10-11,14,16,19,22,24H,5-6,8-9H2,1-2H3;2*1H/t11-,14?,16?,19+;;/m0../s1. The monoisotopic (exact) mass is 372 g/mol. The van der Waals surface area contributed by atoms with E-state index in [1.54, 1.807) is 12.3 Å². The first kappa shape index (κ1) is 16.7. The second-order valence-electron chi connectivity index (χ2n) is 7.92. The van der Waals surface area contributed by atoms with Gasteiger partial charge in [-0.05, 0) is 43.5 Å². The lowest BCUT2D eigenvalue weighted by Gasteiger charge is -2.49. The van der Waals surface area contributed by atoms with E-state index in [1.165, 1.54) is 18.4 Å². The molecule has 4 atom stereocenters. The number of hydrogen-bond acceptors (Lipinski definition) is 5. The maximum absolute atomic E-state index is 12.3. The molecule has 0 bridgehead atoms. The van der Waals surface area contributed by atoms with Crippen LogP contribution in [0.4, 0.5) is 0 Å². The Morgan fingerprint density at radius 1 is 1.44 bits per heavy atom. The molecule has 5 rings (SSSR count).